The molecule has 4 N–H and O–H groups in total. The topological polar surface area (TPSA) is 135 Å². The summed E-state index contributed by atoms with van der Waals surface area (Å²) in [5, 5.41) is 10.2. The van der Waals surface area contributed by atoms with Gasteiger partial charge in [0.25, 0.3) is 5.91 Å². The van der Waals surface area contributed by atoms with Crippen molar-refractivity contribution in [3.05, 3.63) is 77.9 Å². The highest BCUT2D eigenvalue weighted by atomic mass is 19.1. The predicted molar refractivity (Wildman–Crippen MR) is 135 cm³/mol. The quantitative estimate of drug-likeness (QED) is 0.301. The molecule has 5 heterocycles. The molecule has 5 rings (SSSR count). The van der Waals surface area contributed by atoms with Crippen molar-refractivity contribution < 1.29 is 9.18 Å². The lowest BCUT2D eigenvalue weighted by atomic mass is 10.1. The molecule has 0 aliphatic carbocycles. The summed E-state index contributed by atoms with van der Waals surface area (Å²) in [6, 6.07) is 8.88. The van der Waals surface area contributed by atoms with E-state index >= 15 is 0 Å². The van der Waals surface area contributed by atoms with Crippen molar-refractivity contribution in [2.24, 2.45) is 0 Å². The van der Waals surface area contributed by atoms with Crippen LogP contribution in [-0.4, -0.2) is 47.8 Å². The third-order valence-corrected chi connectivity index (χ3v) is 5.93. The maximum Gasteiger partial charge on any atom is 0.270 e. The summed E-state index contributed by atoms with van der Waals surface area (Å²) in [4.78, 5) is 30.6. The van der Waals surface area contributed by atoms with Gasteiger partial charge in [-0.25, -0.2) is 29.4 Å². The summed E-state index contributed by atoms with van der Waals surface area (Å²) < 4.78 is 14.5. The molecule has 0 saturated carbocycles. The largest absolute Gasteiger partial charge is 0.353 e. The summed E-state index contributed by atoms with van der Waals surface area (Å²) in [5.41, 5.74) is 8.95. The third kappa shape index (κ3) is 5.76. The second-order valence-electron chi connectivity index (χ2n) is 9.02. The van der Waals surface area contributed by atoms with Crippen LogP contribution in [0.15, 0.2) is 55.1 Å². The van der Waals surface area contributed by atoms with Crippen molar-refractivity contribution >= 4 is 11.7 Å². The van der Waals surface area contributed by atoms with E-state index < -0.39 is 5.82 Å². The van der Waals surface area contributed by atoms with E-state index in [-0.39, 0.29) is 23.8 Å². The van der Waals surface area contributed by atoms with Crippen molar-refractivity contribution in [2.75, 3.05) is 5.32 Å². The van der Waals surface area contributed by atoms with Gasteiger partial charge in [0.15, 0.2) is 17.5 Å². The van der Waals surface area contributed by atoms with Crippen LogP contribution >= 0.6 is 0 Å². The minimum absolute atomic E-state index is 0.0725. The fourth-order valence-electron chi connectivity index (χ4n) is 3.99. The van der Waals surface area contributed by atoms with Gasteiger partial charge in [-0.2, -0.15) is 5.10 Å². The van der Waals surface area contributed by atoms with Gasteiger partial charge in [0.1, 0.15) is 11.5 Å². The predicted octanol–water partition coefficient (Wildman–Crippen LogP) is 2.68. The Kier molecular flexibility index (Phi) is 6.84. The van der Waals surface area contributed by atoms with E-state index in [0.717, 1.165) is 23.9 Å². The van der Waals surface area contributed by atoms with Crippen LogP contribution in [0, 0.1) is 12.7 Å². The lowest BCUT2D eigenvalue weighted by molar-refractivity contribution is 0.0935. The van der Waals surface area contributed by atoms with E-state index in [1.807, 2.05) is 26.0 Å². The summed E-state index contributed by atoms with van der Waals surface area (Å²) in [7, 11) is 0. The number of aryl methyl sites for hydroxylation is 1. The molecule has 1 aliphatic rings. The molecule has 12 heteroatoms. The molecule has 3 atom stereocenters. The van der Waals surface area contributed by atoms with Gasteiger partial charge in [-0.1, -0.05) is 6.07 Å². The molecule has 1 saturated heterocycles. The van der Waals surface area contributed by atoms with Crippen LogP contribution in [-0.2, 0) is 0 Å². The Hall–Kier alpha value is -4.29. The first-order valence-electron chi connectivity index (χ1n) is 11.9. The number of amides is 1. The molecule has 0 bridgehead atoms. The molecule has 0 radical (unpaired) electrons. The van der Waals surface area contributed by atoms with Gasteiger partial charge in [0.2, 0.25) is 0 Å². The summed E-state index contributed by atoms with van der Waals surface area (Å²) in [6.45, 7) is 5.86. The number of hydrogen-bond donors (Lipinski definition) is 4. The number of nitrogens with zero attached hydrogens (tertiary/aromatic N) is 6. The molecular formula is C25H27FN10O. The van der Waals surface area contributed by atoms with Crippen molar-refractivity contribution in [3.63, 3.8) is 0 Å². The molecular weight excluding hydrogens is 475 g/mol. The molecule has 190 valence electrons. The summed E-state index contributed by atoms with van der Waals surface area (Å²) in [5.74, 6) is 0.954. The Morgan fingerprint density at radius 2 is 2.00 bits per heavy atom. The molecule has 2 unspecified atom stereocenters. The van der Waals surface area contributed by atoms with E-state index in [0.29, 0.717) is 29.1 Å². The van der Waals surface area contributed by atoms with E-state index in [1.54, 1.807) is 30.6 Å². The summed E-state index contributed by atoms with van der Waals surface area (Å²) in [6.07, 6.45) is 6.57. The Morgan fingerprint density at radius 1 is 1.14 bits per heavy atom. The van der Waals surface area contributed by atoms with Gasteiger partial charge in [-0.15, -0.1) is 0 Å². The molecule has 4 aromatic rings. The van der Waals surface area contributed by atoms with Crippen molar-refractivity contribution in [3.8, 4) is 17.2 Å². The second kappa shape index (κ2) is 10.4. The van der Waals surface area contributed by atoms with E-state index in [1.165, 1.54) is 10.9 Å². The number of anilines is 1. The van der Waals surface area contributed by atoms with Crippen LogP contribution in [0.1, 0.15) is 48.1 Å². The van der Waals surface area contributed by atoms with Gasteiger partial charge in [-0.3, -0.25) is 15.2 Å². The number of carbonyl (C=O) groups is 1. The average molecular weight is 503 g/mol. The highest BCUT2D eigenvalue weighted by Crippen LogP contribution is 2.19. The summed E-state index contributed by atoms with van der Waals surface area (Å²) >= 11 is 0. The highest BCUT2D eigenvalue weighted by Gasteiger charge is 2.20. The maximum atomic E-state index is 13.2. The van der Waals surface area contributed by atoms with E-state index in [4.69, 9.17) is 0 Å². The van der Waals surface area contributed by atoms with Gasteiger partial charge < -0.3 is 10.6 Å². The Morgan fingerprint density at radius 3 is 2.65 bits per heavy atom. The third-order valence-electron chi connectivity index (χ3n) is 5.93. The first kappa shape index (κ1) is 24.4. The second-order valence-corrected chi connectivity index (χ2v) is 9.02. The van der Waals surface area contributed by atoms with Crippen LogP contribution in [0.5, 0.6) is 0 Å². The van der Waals surface area contributed by atoms with Crippen LogP contribution in [0.4, 0.5) is 10.2 Å². The fourth-order valence-corrected chi connectivity index (χ4v) is 3.99. The Balaban J connectivity index is 1.23. The number of aromatic nitrogens is 6. The number of nitrogens with one attached hydrogen (secondary N) is 4. The van der Waals surface area contributed by atoms with Crippen molar-refractivity contribution in [1.82, 2.24) is 45.9 Å². The molecule has 0 aromatic carbocycles. The molecule has 4 aromatic heterocycles. The molecule has 37 heavy (non-hydrogen) atoms. The zero-order valence-corrected chi connectivity index (χ0v) is 20.6. The number of rotatable bonds is 7. The Labute approximate surface area is 212 Å². The first-order valence-corrected chi connectivity index (χ1v) is 11.9. The van der Waals surface area contributed by atoms with E-state index in [2.05, 4.69) is 53.4 Å². The van der Waals surface area contributed by atoms with Crippen LogP contribution < -0.4 is 21.5 Å². The van der Waals surface area contributed by atoms with Gasteiger partial charge >= 0.3 is 0 Å². The monoisotopic (exact) mass is 502 g/mol. The minimum Gasteiger partial charge on any atom is -0.353 e. The average Bonchev–Trinajstić information content (AvgIpc) is 3.51. The number of hydrogen-bond acceptors (Lipinski definition) is 9. The number of hydrazine groups is 1. The van der Waals surface area contributed by atoms with Gasteiger partial charge in [0, 0.05) is 35.8 Å². The number of carbonyl (C=O) groups excluding carboxylic acids is 1. The molecule has 1 amide bonds. The Bertz CT molecular complexity index is 1390. The fraction of sp³-hybridized carbons (Fsp3) is 0.280. The lowest BCUT2D eigenvalue weighted by Gasteiger charge is -2.15. The van der Waals surface area contributed by atoms with Gasteiger partial charge in [0.05, 0.1) is 24.6 Å². The highest BCUT2D eigenvalue weighted by molar-refractivity contribution is 5.92. The number of halogens is 1. The van der Waals surface area contributed by atoms with Gasteiger partial charge in [-0.05, 0) is 51.0 Å². The SMILES string of the molecule is Cc1cc(NC2CC(C)NN2)nc(-c2ccc(C(=O)N[C@@H](C)c3ccc(-n4cc(F)cn4)nc3)nc2)n1. The van der Waals surface area contributed by atoms with Crippen molar-refractivity contribution in [1.29, 1.82) is 0 Å². The van der Waals surface area contributed by atoms with Crippen LogP contribution in [0.25, 0.3) is 17.2 Å². The number of pyridine rings is 2. The lowest BCUT2D eigenvalue weighted by Crippen LogP contribution is -2.36. The maximum absolute atomic E-state index is 13.2. The molecule has 11 nitrogen and oxygen atoms in total. The van der Waals surface area contributed by atoms with Crippen LogP contribution in [0.3, 0.4) is 0 Å². The standard InChI is InChI=1S/C25H27FN10O/c1-14-8-21(32-22-9-15(2)34-35-22)33-24(30-14)18-4-6-20(27-11-18)25(37)31-16(3)17-5-7-23(28-10-17)36-13-19(26)12-29-36/h4-8,10-13,15-16,22,34-35H,9H2,1-3H3,(H,31,37)(H,30,32,33)/t15?,16-,22?/m0/s1. The first-order chi connectivity index (χ1) is 17.8. The van der Waals surface area contributed by atoms with Crippen LogP contribution in [0.2, 0.25) is 0 Å². The molecule has 1 fully saturated rings. The zero-order valence-electron chi connectivity index (χ0n) is 20.6. The van der Waals surface area contributed by atoms with E-state index in [9.17, 15) is 9.18 Å². The molecule has 0 spiro atoms. The zero-order chi connectivity index (χ0) is 25.9. The normalized spacial score (nSPS) is 17.9. The minimum atomic E-state index is -0.440. The van der Waals surface area contributed by atoms with Crippen molar-refractivity contribution in [2.45, 2.75) is 45.4 Å². The smallest absolute Gasteiger partial charge is 0.270 e. The molecule has 1 aliphatic heterocycles.